The maximum atomic E-state index is 12.5. The molecule has 1 heterocycles. The second-order valence-electron chi connectivity index (χ2n) is 7.15. The Kier molecular flexibility index (Phi) is 5.37. The molecule has 0 aliphatic heterocycles. The number of furan rings is 1. The first-order valence-electron chi connectivity index (χ1n) is 7.99. The molecule has 0 spiro atoms. The minimum Gasteiger partial charge on any atom is -0.493 e. The third kappa shape index (κ3) is 4.51. The number of carbonyl (C=O) groups excluding carboxylic acids is 2. The van der Waals surface area contributed by atoms with Crippen molar-refractivity contribution < 1.29 is 23.8 Å². The molecule has 4 N–H and O–H groups in total. The first kappa shape index (κ1) is 18.8. The monoisotopic (exact) mass is 348 g/mol. The molecule has 0 saturated heterocycles. The van der Waals surface area contributed by atoms with E-state index < -0.39 is 24.5 Å². The van der Waals surface area contributed by atoms with E-state index in [-0.39, 0.29) is 11.0 Å². The van der Waals surface area contributed by atoms with Crippen LogP contribution in [0.2, 0.25) is 0 Å². The lowest BCUT2D eigenvalue weighted by Gasteiger charge is -2.18. The highest BCUT2D eigenvalue weighted by atomic mass is 16.5. The van der Waals surface area contributed by atoms with E-state index in [4.69, 9.17) is 20.0 Å². The van der Waals surface area contributed by atoms with Crippen LogP contribution in [-0.2, 0) is 4.79 Å². The average molecular weight is 348 g/mol. The molecule has 0 unspecified atom stereocenters. The van der Waals surface area contributed by atoms with Gasteiger partial charge in [0.05, 0.1) is 18.8 Å². The van der Waals surface area contributed by atoms with Gasteiger partial charge in [-0.05, 0) is 30.5 Å². The van der Waals surface area contributed by atoms with Crippen LogP contribution in [0.4, 0.5) is 0 Å². The molecule has 0 aliphatic rings. The summed E-state index contributed by atoms with van der Waals surface area (Å²) < 4.78 is 11.4. The van der Waals surface area contributed by atoms with Crippen molar-refractivity contribution in [2.75, 3.05) is 13.2 Å². The fraction of sp³-hybridized carbons (Fsp3) is 0.444. The summed E-state index contributed by atoms with van der Waals surface area (Å²) in [7, 11) is 0. The van der Waals surface area contributed by atoms with E-state index in [0.29, 0.717) is 29.1 Å². The summed E-state index contributed by atoms with van der Waals surface area (Å²) in [4.78, 5) is 23.7. The molecule has 0 aliphatic carbocycles. The van der Waals surface area contributed by atoms with E-state index in [0.717, 1.165) is 0 Å². The van der Waals surface area contributed by atoms with Crippen LogP contribution in [0, 0.1) is 12.3 Å². The SMILES string of the molecule is Cc1oc2ccc(OCC(C)(C)C)cc2c1C(=O)N[C@@H](CO)C(N)=O. The molecular formula is C18H24N2O5. The molecule has 1 aromatic carbocycles. The van der Waals surface area contributed by atoms with Gasteiger partial charge in [0.25, 0.3) is 5.91 Å². The van der Waals surface area contributed by atoms with Gasteiger partial charge >= 0.3 is 0 Å². The van der Waals surface area contributed by atoms with E-state index in [1.54, 1.807) is 25.1 Å². The first-order valence-corrected chi connectivity index (χ1v) is 7.99. The van der Waals surface area contributed by atoms with Gasteiger partial charge in [0.1, 0.15) is 23.1 Å². The summed E-state index contributed by atoms with van der Waals surface area (Å²) in [5, 5.41) is 12.1. The Bertz CT molecular complexity index is 789. The molecule has 2 amide bonds. The fourth-order valence-electron chi connectivity index (χ4n) is 2.31. The Morgan fingerprint density at radius 2 is 2.04 bits per heavy atom. The number of amides is 2. The number of aliphatic hydroxyl groups excluding tert-OH is 1. The van der Waals surface area contributed by atoms with Crippen LogP contribution in [0.15, 0.2) is 22.6 Å². The standard InChI is InChI=1S/C18H24N2O5/c1-10-15(17(23)20-13(8-21)16(19)22)12-7-11(5-6-14(12)25-10)24-9-18(2,3)4/h5-7,13,21H,8-9H2,1-4H3,(H2,19,22)(H,20,23)/t13-/m0/s1. The summed E-state index contributed by atoms with van der Waals surface area (Å²) in [6.07, 6.45) is 0. The lowest BCUT2D eigenvalue weighted by atomic mass is 9.99. The van der Waals surface area contributed by atoms with Crippen LogP contribution in [0.1, 0.15) is 36.9 Å². The van der Waals surface area contributed by atoms with Crippen molar-refractivity contribution in [3.05, 3.63) is 29.5 Å². The van der Waals surface area contributed by atoms with E-state index in [1.165, 1.54) is 0 Å². The highest BCUT2D eigenvalue weighted by molar-refractivity contribution is 6.08. The van der Waals surface area contributed by atoms with Crippen molar-refractivity contribution >= 4 is 22.8 Å². The molecule has 2 aromatic rings. The van der Waals surface area contributed by atoms with Gasteiger partial charge in [-0.3, -0.25) is 9.59 Å². The Morgan fingerprint density at radius 1 is 1.36 bits per heavy atom. The predicted octanol–water partition coefficient (Wildman–Crippen LogP) is 1.74. The van der Waals surface area contributed by atoms with E-state index >= 15 is 0 Å². The average Bonchev–Trinajstić information content (AvgIpc) is 2.84. The zero-order chi connectivity index (χ0) is 18.8. The number of primary amides is 1. The summed E-state index contributed by atoms with van der Waals surface area (Å²) >= 11 is 0. The molecular weight excluding hydrogens is 324 g/mol. The molecule has 1 atom stereocenters. The van der Waals surface area contributed by atoms with Gasteiger partial charge < -0.3 is 25.3 Å². The van der Waals surface area contributed by atoms with Crippen molar-refractivity contribution in [3.8, 4) is 5.75 Å². The number of aliphatic hydroxyl groups is 1. The minimum atomic E-state index is -1.16. The first-order chi connectivity index (χ1) is 11.6. The number of hydrogen-bond acceptors (Lipinski definition) is 5. The number of benzene rings is 1. The van der Waals surface area contributed by atoms with E-state index in [9.17, 15) is 9.59 Å². The minimum absolute atomic E-state index is 0.00267. The van der Waals surface area contributed by atoms with Crippen LogP contribution in [0.25, 0.3) is 11.0 Å². The Morgan fingerprint density at radius 3 is 2.60 bits per heavy atom. The maximum absolute atomic E-state index is 12.5. The Hall–Kier alpha value is -2.54. The molecule has 7 heteroatoms. The molecule has 0 saturated carbocycles. The van der Waals surface area contributed by atoms with E-state index in [2.05, 4.69) is 26.1 Å². The number of ether oxygens (including phenoxy) is 1. The van der Waals surface area contributed by atoms with Gasteiger partial charge in [-0.1, -0.05) is 20.8 Å². The molecule has 7 nitrogen and oxygen atoms in total. The zero-order valence-corrected chi connectivity index (χ0v) is 14.9. The number of fused-ring (bicyclic) bond motifs is 1. The summed E-state index contributed by atoms with van der Waals surface area (Å²) in [6, 6.07) is 4.08. The number of carbonyl (C=O) groups is 2. The summed E-state index contributed by atoms with van der Waals surface area (Å²) in [6.45, 7) is 7.78. The third-order valence-electron chi connectivity index (χ3n) is 3.57. The Labute approximate surface area is 146 Å². The third-order valence-corrected chi connectivity index (χ3v) is 3.57. The smallest absolute Gasteiger partial charge is 0.256 e. The maximum Gasteiger partial charge on any atom is 0.256 e. The largest absolute Gasteiger partial charge is 0.493 e. The Balaban J connectivity index is 2.33. The second-order valence-corrected chi connectivity index (χ2v) is 7.15. The highest BCUT2D eigenvalue weighted by Crippen LogP contribution is 2.30. The number of aryl methyl sites for hydroxylation is 1. The van der Waals surface area contributed by atoms with Gasteiger partial charge in [-0.2, -0.15) is 0 Å². The normalized spacial score (nSPS) is 12.8. The molecule has 136 valence electrons. The number of rotatable bonds is 6. The molecule has 25 heavy (non-hydrogen) atoms. The van der Waals surface area contributed by atoms with Gasteiger partial charge in [-0.15, -0.1) is 0 Å². The zero-order valence-electron chi connectivity index (χ0n) is 14.9. The van der Waals surface area contributed by atoms with Gasteiger partial charge in [0.15, 0.2) is 0 Å². The molecule has 0 radical (unpaired) electrons. The lowest BCUT2D eigenvalue weighted by Crippen LogP contribution is -2.46. The highest BCUT2D eigenvalue weighted by Gasteiger charge is 2.23. The van der Waals surface area contributed by atoms with Crippen molar-refractivity contribution in [2.24, 2.45) is 11.1 Å². The van der Waals surface area contributed by atoms with Crippen LogP contribution in [0.5, 0.6) is 5.75 Å². The number of nitrogens with two attached hydrogens (primary N) is 1. The van der Waals surface area contributed by atoms with Crippen LogP contribution >= 0.6 is 0 Å². The van der Waals surface area contributed by atoms with Gasteiger partial charge in [-0.25, -0.2) is 0 Å². The summed E-state index contributed by atoms with van der Waals surface area (Å²) in [5.41, 5.74) is 5.96. The quantitative estimate of drug-likeness (QED) is 0.735. The van der Waals surface area contributed by atoms with Crippen molar-refractivity contribution in [1.29, 1.82) is 0 Å². The molecule has 0 bridgehead atoms. The fourth-order valence-corrected chi connectivity index (χ4v) is 2.31. The number of nitrogens with one attached hydrogen (secondary N) is 1. The van der Waals surface area contributed by atoms with E-state index in [1.807, 2.05) is 0 Å². The van der Waals surface area contributed by atoms with Gasteiger partial charge in [0.2, 0.25) is 5.91 Å². The van der Waals surface area contributed by atoms with Gasteiger partial charge in [0, 0.05) is 5.39 Å². The van der Waals surface area contributed by atoms with Crippen molar-refractivity contribution in [1.82, 2.24) is 5.32 Å². The van der Waals surface area contributed by atoms with Crippen molar-refractivity contribution in [3.63, 3.8) is 0 Å². The number of hydrogen-bond donors (Lipinski definition) is 3. The van der Waals surface area contributed by atoms with Crippen LogP contribution < -0.4 is 15.8 Å². The van der Waals surface area contributed by atoms with Crippen molar-refractivity contribution in [2.45, 2.75) is 33.7 Å². The predicted molar refractivity (Wildman–Crippen MR) is 93.4 cm³/mol. The van der Waals surface area contributed by atoms with Crippen LogP contribution in [0.3, 0.4) is 0 Å². The lowest BCUT2D eigenvalue weighted by molar-refractivity contribution is -0.120. The molecule has 0 fully saturated rings. The molecule has 2 rings (SSSR count). The topological polar surface area (TPSA) is 115 Å². The van der Waals surface area contributed by atoms with Crippen LogP contribution in [-0.4, -0.2) is 36.2 Å². The molecule has 1 aromatic heterocycles. The second kappa shape index (κ2) is 7.14. The summed E-state index contributed by atoms with van der Waals surface area (Å²) in [5.74, 6) is -0.329.